The van der Waals surface area contributed by atoms with Gasteiger partial charge in [0.1, 0.15) is 0 Å². The van der Waals surface area contributed by atoms with Crippen LogP contribution in [0.3, 0.4) is 0 Å². The first-order chi connectivity index (χ1) is 9.52. The lowest BCUT2D eigenvalue weighted by atomic mass is 9.90. The highest BCUT2D eigenvalue weighted by Crippen LogP contribution is 2.30. The van der Waals surface area contributed by atoms with Gasteiger partial charge < -0.3 is 5.32 Å². The van der Waals surface area contributed by atoms with Crippen molar-refractivity contribution in [1.29, 1.82) is 0 Å². The Bertz CT molecular complexity index is 573. The number of hydrogen-bond acceptors (Lipinski definition) is 3. The molecule has 1 aromatic carbocycles. The van der Waals surface area contributed by atoms with Crippen LogP contribution >= 0.6 is 0 Å². The van der Waals surface area contributed by atoms with Gasteiger partial charge in [0.2, 0.25) is 0 Å². The van der Waals surface area contributed by atoms with Gasteiger partial charge in [0.05, 0.1) is 10.9 Å². The highest BCUT2D eigenvalue weighted by atomic mass is 32.2. The smallest absolute Gasteiger partial charge is 0.175 e. The number of likely N-dealkylation sites (N-methyl/N-ethyl adjacent to an activating group) is 1. The molecule has 0 heterocycles. The molecule has 1 N–H and O–H groups in total. The van der Waals surface area contributed by atoms with E-state index in [0.717, 1.165) is 24.9 Å². The highest BCUT2D eigenvalue weighted by molar-refractivity contribution is 7.90. The molecular formula is C16H23NO2S. The van der Waals surface area contributed by atoms with Gasteiger partial charge in [-0.1, -0.05) is 30.7 Å². The number of benzene rings is 1. The summed E-state index contributed by atoms with van der Waals surface area (Å²) in [5.41, 5.74) is 2.58. The molecule has 1 aliphatic carbocycles. The molecule has 0 bridgehead atoms. The Labute approximate surface area is 122 Å². The molecule has 0 aromatic heterocycles. The first-order valence-corrected chi connectivity index (χ1v) is 9.14. The van der Waals surface area contributed by atoms with Crippen LogP contribution in [0.25, 0.3) is 0 Å². The Morgan fingerprint density at radius 2 is 1.90 bits per heavy atom. The van der Waals surface area contributed by atoms with E-state index in [4.69, 9.17) is 0 Å². The van der Waals surface area contributed by atoms with Crippen LogP contribution in [0.15, 0.2) is 40.8 Å². The van der Waals surface area contributed by atoms with E-state index in [1.54, 1.807) is 12.1 Å². The van der Waals surface area contributed by atoms with Crippen LogP contribution in [0.5, 0.6) is 0 Å². The summed E-state index contributed by atoms with van der Waals surface area (Å²) in [6, 6.07) is 7.49. The molecule has 0 radical (unpaired) electrons. The third-order valence-corrected chi connectivity index (χ3v) is 4.88. The van der Waals surface area contributed by atoms with Crippen molar-refractivity contribution in [3.8, 4) is 0 Å². The van der Waals surface area contributed by atoms with Gasteiger partial charge in [0.15, 0.2) is 9.84 Å². The molecule has 0 aliphatic heterocycles. The van der Waals surface area contributed by atoms with Gasteiger partial charge in [-0.3, -0.25) is 0 Å². The average molecular weight is 293 g/mol. The zero-order chi connectivity index (χ0) is 14.6. The lowest BCUT2D eigenvalue weighted by Gasteiger charge is -2.24. The fourth-order valence-corrected chi connectivity index (χ4v) is 3.33. The van der Waals surface area contributed by atoms with Gasteiger partial charge in [0, 0.05) is 6.26 Å². The second kappa shape index (κ2) is 6.55. The number of hydrogen-bond donors (Lipinski definition) is 1. The molecule has 1 unspecified atom stereocenters. The Kier molecular flexibility index (Phi) is 5.00. The minimum Gasteiger partial charge on any atom is -0.307 e. The zero-order valence-electron chi connectivity index (χ0n) is 12.2. The quantitative estimate of drug-likeness (QED) is 0.848. The zero-order valence-corrected chi connectivity index (χ0v) is 13.0. The van der Waals surface area contributed by atoms with Gasteiger partial charge in [-0.25, -0.2) is 8.42 Å². The van der Waals surface area contributed by atoms with Gasteiger partial charge in [0.25, 0.3) is 0 Å². The summed E-state index contributed by atoms with van der Waals surface area (Å²) in [6.45, 7) is 3.00. The van der Waals surface area contributed by atoms with Crippen molar-refractivity contribution in [1.82, 2.24) is 5.32 Å². The SMILES string of the molecule is CCNC(C1=CCCCC1)c1ccc(S(C)(=O)=O)cc1. The molecule has 0 spiro atoms. The molecule has 0 saturated heterocycles. The largest absolute Gasteiger partial charge is 0.307 e. The van der Waals surface area contributed by atoms with Crippen LogP contribution < -0.4 is 5.32 Å². The van der Waals surface area contributed by atoms with Crippen molar-refractivity contribution in [2.24, 2.45) is 0 Å². The molecule has 1 aromatic rings. The van der Waals surface area contributed by atoms with Crippen LogP contribution in [0, 0.1) is 0 Å². The first-order valence-electron chi connectivity index (χ1n) is 7.24. The van der Waals surface area contributed by atoms with Crippen LogP contribution in [-0.4, -0.2) is 21.2 Å². The van der Waals surface area contributed by atoms with Gasteiger partial charge in [-0.15, -0.1) is 0 Å². The summed E-state index contributed by atoms with van der Waals surface area (Å²) in [4.78, 5) is 0.383. The maximum Gasteiger partial charge on any atom is 0.175 e. The second-order valence-electron chi connectivity index (χ2n) is 5.36. The second-order valence-corrected chi connectivity index (χ2v) is 7.37. The van der Waals surface area contributed by atoms with Crippen molar-refractivity contribution in [2.75, 3.05) is 12.8 Å². The van der Waals surface area contributed by atoms with E-state index in [0.29, 0.717) is 4.90 Å². The molecule has 4 heteroatoms. The van der Waals surface area contributed by atoms with Gasteiger partial charge in [-0.2, -0.15) is 0 Å². The first kappa shape index (κ1) is 15.3. The highest BCUT2D eigenvalue weighted by Gasteiger charge is 2.18. The van der Waals surface area contributed by atoms with Crippen molar-refractivity contribution >= 4 is 9.84 Å². The van der Waals surface area contributed by atoms with Gasteiger partial charge in [-0.05, 0) is 49.9 Å². The predicted octanol–water partition coefficient (Wildman–Crippen LogP) is 3.24. The van der Waals surface area contributed by atoms with Crippen molar-refractivity contribution in [3.63, 3.8) is 0 Å². The Morgan fingerprint density at radius 3 is 2.40 bits per heavy atom. The maximum absolute atomic E-state index is 11.5. The molecule has 0 saturated carbocycles. The summed E-state index contributed by atoms with van der Waals surface area (Å²) in [5.74, 6) is 0. The van der Waals surface area contributed by atoms with Crippen LogP contribution in [-0.2, 0) is 9.84 Å². The van der Waals surface area contributed by atoms with Crippen LogP contribution in [0.2, 0.25) is 0 Å². The van der Waals surface area contributed by atoms with Crippen molar-refractivity contribution in [3.05, 3.63) is 41.5 Å². The molecule has 110 valence electrons. The fourth-order valence-electron chi connectivity index (χ4n) is 2.70. The van der Waals surface area contributed by atoms with Crippen molar-refractivity contribution < 1.29 is 8.42 Å². The predicted molar refractivity (Wildman–Crippen MR) is 82.5 cm³/mol. The van der Waals surface area contributed by atoms with E-state index in [1.807, 2.05) is 12.1 Å². The van der Waals surface area contributed by atoms with E-state index >= 15 is 0 Å². The summed E-state index contributed by atoms with van der Waals surface area (Å²) in [5, 5.41) is 3.51. The lowest BCUT2D eigenvalue weighted by molar-refractivity contribution is 0.563. The topological polar surface area (TPSA) is 46.2 Å². The molecule has 1 aliphatic rings. The third-order valence-electron chi connectivity index (χ3n) is 3.75. The average Bonchev–Trinajstić information content (AvgIpc) is 2.45. The Morgan fingerprint density at radius 1 is 1.20 bits per heavy atom. The molecular weight excluding hydrogens is 270 g/mol. The van der Waals surface area contributed by atoms with Crippen LogP contribution in [0.4, 0.5) is 0 Å². The van der Waals surface area contributed by atoms with E-state index in [2.05, 4.69) is 18.3 Å². The minimum atomic E-state index is -3.12. The molecule has 0 fully saturated rings. The molecule has 20 heavy (non-hydrogen) atoms. The van der Waals surface area contributed by atoms with E-state index < -0.39 is 9.84 Å². The number of allylic oxidation sites excluding steroid dienone is 1. The van der Waals surface area contributed by atoms with E-state index in [1.165, 1.54) is 24.7 Å². The summed E-state index contributed by atoms with van der Waals surface area (Å²) >= 11 is 0. The van der Waals surface area contributed by atoms with Crippen LogP contribution in [0.1, 0.15) is 44.2 Å². The number of nitrogens with one attached hydrogen (secondary N) is 1. The number of sulfone groups is 1. The monoisotopic (exact) mass is 293 g/mol. The summed E-state index contributed by atoms with van der Waals surface area (Å²) in [6.07, 6.45) is 8.38. The minimum absolute atomic E-state index is 0.217. The van der Waals surface area contributed by atoms with E-state index in [-0.39, 0.29) is 6.04 Å². The maximum atomic E-state index is 11.5. The molecule has 3 nitrogen and oxygen atoms in total. The summed E-state index contributed by atoms with van der Waals surface area (Å²) in [7, 11) is -3.12. The molecule has 1 atom stereocenters. The van der Waals surface area contributed by atoms with Gasteiger partial charge >= 0.3 is 0 Å². The Hall–Kier alpha value is -1.13. The summed E-state index contributed by atoms with van der Waals surface area (Å²) < 4.78 is 23.0. The standard InChI is InChI=1S/C16H23NO2S/c1-3-17-16(13-7-5-4-6-8-13)14-9-11-15(12-10-14)20(2,18)19/h7,9-12,16-17H,3-6,8H2,1-2H3. The molecule has 0 amide bonds. The van der Waals surface area contributed by atoms with Crippen molar-refractivity contribution in [2.45, 2.75) is 43.5 Å². The molecule has 2 rings (SSSR count). The van der Waals surface area contributed by atoms with E-state index in [9.17, 15) is 8.42 Å². The number of rotatable bonds is 5. The normalized spacial score (nSPS) is 17.6. The lowest BCUT2D eigenvalue weighted by Crippen LogP contribution is -2.23. The third kappa shape index (κ3) is 3.70. The Balaban J connectivity index is 2.27. The fraction of sp³-hybridized carbons (Fsp3) is 0.500.